The van der Waals surface area contributed by atoms with E-state index >= 15 is 0 Å². The summed E-state index contributed by atoms with van der Waals surface area (Å²) >= 11 is 7.62. The number of rotatable bonds is 5. The summed E-state index contributed by atoms with van der Waals surface area (Å²) in [4.78, 5) is 23.6. The summed E-state index contributed by atoms with van der Waals surface area (Å²) in [5, 5.41) is 0.891. The molecule has 4 nitrogen and oxygen atoms in total. The van der Waals surface area contributed by atoms with Crippen molar-refractivity contribution < 1.29 is 4.79 Å². The SMILES string of the molecule is O=C(c1cc(-c2ccc(Cl)s2)nc2ccccc12)N1CCN(CC=Cc2ccccc2)CC1. The zero-order valence-electron chi connectivity index (χ0n) is 18.2. The van der Waals surface area contributed by atoms with Gasteiger partial charge in [-0.2, -0.15) is 0 Å². The van der Waals surface area contributed by atoms with E-state index in [0.29, 0.717) is 9.90 Å². The number of fused-ring (bicyclic) bond motifs is 1. The van der Waals surface area contributed by atoms with Gasteiger partial charge in [0, 0.05) is 38.1 Å². The first kappa shape index (κ1) is 21.8. The van der Waals surface area contributed by atoms with E-state index in [1.807, 2.05) is 65.6 Å². The fourth-order valence-corrected chi connectivity index (χ4v) is 5.14. The predicted molar refractivity (Wildman–Crippen MR) is 138 cm³/mol. The van der Waals surface area contributed by atoms with Crippen LogP contribution in [0.1, 0.15) is 15.9 Å². The number of aromatic nitrogens is 1. The van der Waals surface area contributed by atoms with Crippen molar-refractivity contribution in [2.75, 3.05) is 32.7 Å². The van der Waals surface area contributed by atoms with Gasteiger partial charge in [-0.15, -0.1) is 11.3 Å². The van der Waals surface area contributed by atoms with Gasteiger partial charge >= 0.3 is 0 Å². The zero-order chi connectivity index (χ0) is 22.6. The zero-order valence-corrected chi connectivity index (χ0v) is 19.7. The Hall–Kier alpha value is -2.99. The van der Waals surface area contributed by atoms with Crippen molar-refractivity contribution in [3.63, 3.8) is 0 Å². The van der Waals surface area contributed by atoms with Crippen molar-refractivity contribution in [1.82, 2.24) is 14.8 Å². The van der Waals surface area contributed by atoms with Crippen LogP contribution in [0, 0.1) is 0 Å². The Morgan fingerprint density at radius 1 is 0.970 bits per heavy atom. The van der Waals surface area contributed by atoms with Gasteiger partial charge in [-0.25, -0.2) is 4.98 Å². The van der Waals surface area contributed by atoms with E-state index in [2.05, 4.69) is 29.2 Å². The van der Waals surface area contributed by atoms with Gasteiger partial charge in [-0.1, -0.05) is 72.3 Å². The van der Waals surface area contributed by atoms with Crippen molar-refractivity contribution in [2.45, 2.75) is 0 Å². The minimum absolute atomic E-state index is 0.0666. The molecular weight excluding hydrogens is 450 g/mol. The van der Waals surface area contributed by atoms with E-state index in [1.165, 1.54) is 16.9 Å². The van der Waals surface area contributed by atoms with Gasteiger partial charge in [0.15, 0.2) is 0 Å². The topological polar surface area (TPSA) is 36.4 Å². The number of benzene rings is 2. The van der Waals surface area contributed by atoms with Crippen LogP contribution in [0.3, 0.4) is 0 Å². The smallest absolute Gasteiger partial charge is 0.254 e. The molecule has 1 fully saturated rings. The highest BCUT2D eigenvalue weighted by Gasteiger charge is 2.24. The molecule has 0 bridgehead atoms. The fraction of sp³-hybridized carbons (Fsp3) is 0.185. The van der Waals surface area contributed by atoms with Crippen LogP contribution < -0.4 is 0 Å². The van der Waals surface area contributed by atoms with Gasteiger partial charge in [-0.05, 0) is 29.8 Å². The number of hydrogen-bond donors (Lipinski definition) is 0. The maximum absolute atomic E-state index is 13.6. The molecule has 0 unspecified atom stereocenters. The molecule has 0 spiro atoms. The normalized spacial score (nSPS) is 14.9. The number of amides is 1. The van der Waals surface area contributed by atoms with E-state index < -0.39 is 0 Å². The summed E-state index contributed by atoms with van der Waals surface area (Å²) in [6, 6.07) is 23.9. The molecule has 0 radical (unpaired) electrons. The van der Waals surface area contributed by atoms with Crippen LogP contribution in [0.25, 0.3) is 27.6 Å². The molecular formula is C27H24ClN3OS. The second kappa shape index (κ2) is 9.87. The molecule has 1 amide bonds. The van der Waals surface area contributed by atoms with Crippen LogP contribution in [-0.4, -0.2) is 53.4 Å². The van der Waals surface area contributed by atoms with E-state index in [1.54, 1.807) is 0 Å². The Morgan fingerprint density at radius 3 is 2.48 bits per heavy atom. The molecule has 3 heterocycles. The summed E-state index contributed by atoms with van der Waals surface area (Å²) in [5.74, 6) is 0.0666. The highest BCUT2D eigenvalue weighted by atomic mass is 35.5. The number of pyridine rings is 1. The summed E-state index contributed by atoms with van der Waals surface area (Å²) in [6.07, 6.45) is 4.35. The predicted octanol–water partition coefficient (Wildman–Crippen LogP) is 6.09. The second-order valence-electron chi connectivity index (χ2n) is 8.08. The molecule has 33 heavy (non-hydrogen) atoms. The van der Waals surface area contributed by atoms with E-state index in [-0.39, 0.29) is 5.91 Å². The molecule has 1 saturated heterocycles. The van der Waals surface area contributed by atoms with Crippen molar-refractivity contribution >= 4 is 45.8 Å². The largest absolute Gasteiger partial charge is 0.336 e. The van der Waals surface area contributed by atoms with Crippen molar-refractivity contribution in [3.8, 4) is 10.6 Å². The molecule has 4 aromatic rings. The van der Waals surface area contributed by atoms with E-state index in [0.717, 1.165) is 54.2 Å². The van der Waals surface area contributed by atoms with Crippen molar-refractivity contribution in [3.05, 3.63) is 94.3 Å². The maximum atomic E-state index is 13.6. The standard InChI is InChI=1S/C27H24ClN3OS/c28-26-13-12-25(33-26)24-19-22(21-10-4-5-11-23(21)29-24)27(32)31-17-15-30(16-18-31)14-6-9-20-7-2-1-3-8-20/h1-13,19H,14-18H2. The third-order valence-electron chi connectivity index (χ3n) is 5.91. The molecule has 2 aromatic heterocycles. The number of carbonyl (C=O) groups excluding carboxylic acids is 1. The van der Waals surface area contributed by atoms with Crippen molar-refractivity contribution in [2.24, 2.45) is 0 Å². The van der Waals surface area contributed by atoms with Crippen LogP contribution in [0.2, 0.25) is 4.34 Å². The minimum atomic E-state index is 0.0666. The summed E-state index contributed by atoms with van der Waals surface area (Å²) in [7, 11) is 0. The Labute approximate surface area is 202 Å². The Morgan fingerprint density at radius 2 is 1.73 bits per heavy atom. The number of nitrogens with zero attached hydrogens (tertiary/aromatic N) is 3. The van der Waals surface area contributed by atoms with Gasteiger partial charge in [0.1, 0.15) is 0 Å². The van der Waals surface area contributed by atoms with Crippen LogP contribution in [0.4, 0.5) is 0 Å². The molecule has 5 rings (SSSR count). The second-order valence-corrected chi connectivity index (χ2v) is 9.80. The number of piperazine rings is 1. The highest BCUT2D eigenvalue weighted by Crippen LogP contribution is 2.32. The Balaban J connectivity index is 1.31. The third kappa shape index (κ3) is 5.01. The summed E-state index contributed by atoms with van der Waals surface area (Å²) in [6.45, 7) is 4.05. The fourth-order valence-electron chi connectivity index (χ4n) is 4.14. The lowest BCUT2D eigenvalue weighted by molar-refractivity contribution is 0.0652. The maximum Gasteiger partial charge on any atom is 0.254 e. The van der Waals surface area contributed by atoms with Crippen LogP contribution in [0.5, 0.6) is 0 Å². The lowest BCUT2D eigenvalue weighted by Crippen LogP contribution is -2.48. The third-order valence-corrected chi connectivity index (χ3v) is 7.16. The first-order valence-corrected chi connectivity index (χ1v) is 12.3. The van der Waals surface area contributed by atoms with Gasteiger partial charge in [-0.3, -0.25) is 9.69 Å². The van der Waals surface area contributed by atoms with Crippen molar-refractivity contribution in [1.29, 1.82) is 0 Å². The number of thiophene rings is 1. The molecule has 2 aromatic carbocycles. The first-order valence-electron chi connectivity index (χ1n) is 11.1. The minimum Gasteiger partial charge on any atom is -0.336 e. The highest BCUT2D eigenvalue weighted by molar-refractivity contribution is 7.19. The lowest BCUT2D eigenvalue weighted by Gasteiger charge is -2.34. The van der Waals surface area contributed by atoms with Gasteiger partial charge in [0.25, 0.3) is 5.91 Å². The number of para-hydroxylation sites is 1. The Kier molecular flexibility index (Phi) is 6.53. The number of hydrogen-bond acceptors (Lipinski definition) is 4. The summed E-state index contributed by atoms with van der Waals surface area (Å²) < 4.78 is 0.713. The van der Waals surface area contributed by atoms with Crippen LogP contribution >= 0.6 is 22.9 Å². The Bertz CT molecular complexity index is 1290. The van der Waals surface area contributed by atoms with E-state index in [9.17, 15) is 4.79 Å². The summed E-state index contributed by atoms with van der Waals surface area (Å²) in [5.41, 5.74) is 3.53. The first-order chi connectivity index (χ1) is 16.2. The monoisotopic (exact) mass is 473 g/mol. The molecule has 0 saturated carbocycles. The number of carbonyl (C=O) groups is 1. The molecule has 0 aliphatic carbocycles. The van der Waals surface area contributed by atoms with Gasteiger partial charge in [0.2, 0.25) is 0 Å². The molecule has 166 valence electrons. The lowest BCUT2D eigenvalue weighted by atomic mass is 10.1. The molecule has 1 aliphatic heterocycles. The average molecular weight is 474 g/mol. The average Bonchev–Trinajstić information content (AvgIpc) is 3.30. The number of halogens is 1. The van der Waals surface area contributed by atoms with Crippen LogP contribution in [-0.2, 0) is 0 Å². The molecule has 1 aliphatic rings. The van der Waals surface area contributed by atoms with Gasteiger partial charge in [0.05, 0.1) is 26.0 Å². The molecule has 0 atom stereocenters. The molecule has 6 heteroatoms. The van der Waals surface area contributed by atoms with E-state index in [4.69, 9.17) is 16.6 Å². The molecule has 0 N–H and O–H groups in total. The van der Waals surface area contributed by atoms with Crippen LogP contribution in [0.15, 0.2) is 78.9 Å². The quantitative estimate of drug-likeness (QED) is 0.352. The van der Waals surface area contributed by atoms with Gasteiger partial charge < -0.3 is 4.90 Å².